The van der Waals surface area contributed by atoms with E-state index in [1.54, 1.807) is 0 Å². The maximum Gasteiger partial charge on any atom is 0.372 e. The Kier molecular flexibility index (Phi) is 5.38. The molecule has 116 valence electrons. The summed E-state index contributed by atoms with van der Waals surface area (Å²) in [4.78, 5) is 12.2. The van der Waals surface area contributed by atoms with Crippen LogP contribution in [-0.2, 0) is 16.1 Å². The summed E-state index contributed by atoms with van der Waals surface area (Å²) in [5, 5.41) is 0. The van der Waals surface area contributed by atoms with Gasteiger partial charge in [-0.2, -0.15) is 4.57 Å². The summed E-state index contributed by atoms with van der Waals surface area (Å²) in [5.41, 5.74) is 1.19. The number of hydrogen-bond donors (Lipinski definition) is 0. The van der Waals surface area contributed by atoms with E-state index < -0.39 is 0 Å². The first-order chi connectivity index (χ1) is 9.95. The molecular weight excluding hydrogens is 262 g/mol. The van der Waals surface area contributed by atoms with E-state index in [0.717, 1.165) is 6.42 Å². The smallest absolute Gasteiger partial charge is 0.372 e. The van der Waals surface area contributed by atoms with Gasteiger partial charge >= 0.3 is 5.97 Å². The predicted molar refractivity (Wildman–Crippen MR) is 82.6 cm³/mol. The number of carbonyl (C=O) groups excluding carboxylic acids is 1. The zero-order valence-corrected chi connectivity index (χ0v) is 13.7. The van der Waals surface area contributed by atoms with Crippen LogP contribution in [0.1, 0.15) is 45.6 Å². The van der Waals surface area contributed by atoms with Crippen LogP contribution >= 0.6 is 0 Å². The number of rotatable bonds is 4. The van der Waals surface area contributed by atoms with Crippen molar-refractivity contribution < 1.29 is 14.1 Å². The molecule has 0 spiro atoms. The van der Waals surface area contributed by atoms with E-state index in [1.807, 2.05) is 36.0 Å². The van der Waals surface area contributed by atoms with Gasteiger partial charge in [-0.15, -0.1) is 0 Å². The summed E-state index contributed by atoms with van der Waals surface area (Å²) in [6.07, 6.45) is 7.39. The fourth-order valence-electron chi connectivity index (χ4n) is 3.24. The van der Waals surface area contributed by atoms with Crippen molar-refractivity contribution in [2.24, 2.45) is 17.8 Å². The molecule has 3 atom stereocenters. The molecule has 3 nitrogen and oxygen atoms in total. The van der Waals surface area contributed by atoms with Gasteiger partial charge < -0.3 is 4.74 Å². The van der Waals surface area contributed by atoms with Crippen LogP contribution in [0.5, 0.6) is 0 Å². The highest BCUT2D eigenvalue weighted by molar-refractivity contribution is 5.67. The van der Waals surface area contributed by atoms with Crippen LogP contribution in [0.3, 0.4) is 0 Å². The molecule has 0 unspecified atom stereocenters. The molecule has 2 rings (SSSR count). The van der Waals surface area contributed by atoms with Gasteiger partial charge in [0.2, 0.25) is 6.54 Å². The highest BCUT2D eigenvalue weighted by Gasteiger charge is 2.33. The van der Waals surface area contributed by atoms with E-state index in [2.05, 4.69) is 20.8 Å². The van der Waals surface area contributed by atoms with E-state index in [-0.39, 0.29) is 12.1 Å². The topological polar surface area (TPSA) is 30.2 Å². The number of aryl methyl sites for hydroxylation is 1. The third-order valence-corrected chi connectivity index (χ3v) is 4.61. The largest absolute Gasteiger partial charge is 0.457 e. The zero-order chi connectivity index (χ0) is 15.4. The maximum absolute atomic E-state index is 12.2. The number of nitrogens with zero attached hydrogens (tertiary/aromatic N) is 1. The molecule has 21 heavy (non-hydrogen) atoms. The Morgan fingerprint density at radius 3 is 2.62 bits per heavy atom. The number of aromatic nitrogens is 1. The molecule has 1 aliphatic rings. The van der Waals surface area contributed by atoms with Crippen LogP contribution in [-0.4, -0.2) is 12.1 Å². The molecule has 3 heteroatoms. The van der Waals surface area contributed by atoms with Gasteiger partial charge in [0.05, 0.1) is 0 Å². The Morgan fingerprint density at radius 1 is 1.33 bits per heavy atom. The number of ether oxygens (including phenoxy) is 1. The first kappa shape index (κ1) is 16.0. The second-order valence-electron chi connectivity index (χ2n) is 6.90. The van der Waals surface area contributed by atoms with E-state index >= 15 is 0 Å². The molecule has 1 aromatic rings. The molecule has 1 heterocycles. The first-order valence-corrected chi connectivity index (χ1v) is 8.11. The standard InChI is InChI=1S/C18H28NO2/c1-13(2)16-6-5-15(4)11-17(16)21-18(20)12-19-9-7-14(3)8-10-19/h7-10,13,15-17H,5-6,11-12H2,1-4H3/q+1/t15-,16+,17-/m0/s1. The van der Waals surface area contributed by atoms with E-state index in [4.69, 9.17) is 4.74 Å². The molecule has 0 aromatic carbocycles. The number of hydrogen-bond acceptors (Lipinski definition) is 2. The summed E-state index contributed by atoms with van der Waals surface area (Å²) in [6.45, 7) is 9.06. The summed E-state index contributed by atoms with van der Waals surface area (Å²) in [6, 6.07) is 4.01. The van der Waals surface area contributed by atoms with Crippen LogP contribution < -0.4 is 4.57 Å². The lowest BCUT2D eigenvalue weighted by atomic mass is 9.75. The SMILES string of the molecule is Cc1cc[n+](CC(=O)O[C@H]2C[C@@H](C)CC[C@@H]2C(C)C)cc1. The second-order valence-corrected chi connectivity index (χ2v) is 6.90. The average Bonchev–Trinajstić information content (AvgIpc) is 2.41. The van der Waals surface area contributed by atoms with Crippen molar-refractivity contribution in [1.29, 1.82) is 0 Å². The normalized spacial score (nSPS) is 25.9. The third kappa shape index (κ3) is 4.55. The molecule has 0 saturated heterocycles. The monoisotopic (exact) mass is 290 g/mol. The summed E-state index contributed by atoms with van der Waals surface area (Å²) < 4.78 is 7.69. The van der Waals surface area contributed by atoms with Gasteiger partial charge in [-0.1, -0.05) is 27.2 Å². The van der Waals surface area contributed by atoms with Crippen molar-refractivity contribution in [3.8, 4) is 0 Å². The summed E-state index contributed by atoms with van der Waals surface area (Å²) >= 11 is 0. The van der Waals surface area contributed by atoms with Crippen LogP contribution in [0.25, 0.3) is 0 Å². The Bertz CT molecular complexity index is 467. The Morgan fingerprint density at radius 2 is 2.00 bits per heavy atom. The molecule has 0 bridgehead atoms. The fourth-order valence-corrected chi connectivity index (χ4v) is 3.24. The van der Waals surface area contributed by atoms with Crippen LogP contribution in [0.15, 0.2) is 24.5 Å². The van der Waals surface area contributed by atoms with Crippen LogP contribution in [0.4, 0.5) is 0 Å². The summed E-state index contributed by atoms with van der Waals surface area (Å²) in [5.74, 6) is 1.62. The number of carbonyl (C=O) groups is 1. The predicted octanol–water partition coefficient (Wildman–Crippen LogP) is 3.29. The van der Waals surface area contributed by atoms with E-state index in [1.165, 1.54) is 18.4 Å². The average molecular weight is 290 g/mol. The highest BCUT2D eigenvalue weighted by Crippen LogP contribution is 2.35. The molecule has 0 N–H and O–H groups in total. The summed E-state index contributed by atoms with van der Waals surface area (Å²) in [7, 11) is 0. The lowest BCUT2D eigenvalue weighted by Crippen LogP contribution is -2.42. The Balaban J connectivity index is 1.94. The van der Waals surface area contributed by atoms with Crippen molar-refractivity contribution in [3.05, 3.63) is 30.1 Å². The van der Waals surface area contributed by atoms with Gasteiger partial charge in [-0.05, 0) is 43.1 Å². The zero-order valence-electron chi connectivity index (χ0n) is 13.7. The van der Waals surface area contributed by atoms with Crippen molar-refractivity contribution in [3.63, 3.8) is 0 Å². The third-order valence-electron chi connectivity index (χ3n) is 4.61. The van der Waals surface area contributed by atoms with Gasteiger partial charge in [0.1, 0.15) is 6.10 Å². The van der Waals surface area contributed by atoms with Crippen molar-refractivity contribution in [1.82, 2.24) is 0 Å². The molecule has 0 aliphatic heterocycles. The fraction of sp³-hybridized carbons (Fsp3) is 0.667. The molecule has 1 fully saturated rings. The minimum absolute atomic E-state index is 0.0901. The molecule has 1 saturated carbocycles. The number of esters is 1. The van der Waals surface area contributed by atoms with Crippen LogP contribution in [0, 0.1) is 24.7 Å². The minimum Gasteiger partial charge on any atom is -0.457 e. The van der Waals surface area contributed by atoms with Crippen molar-refractivity contribution in [2.75, 3.05) is 0 Å². The second kappa shape index (κ2) is 7.06. The molecule has 0 amide bonds. The minimum atomic E-state index is -0.117. The molecule has 1 aromatic heterocycles. The van der Waals surface area contributed by atoms with Gasteiger partial charge in [-0.25, -0.2) is 4.79 Å². The lowest BCUT2D eigenvalue weighted by molar-refractivity contribution is -0.686. The van der Waals surface area contributed by atoms with E-state index in [9.17, 15) is 4.79 Å². The van der Waals surface area contributed by atoms with E-state index in [0.29, 0.717) is 24.3 Å². The van der Waals surface area contributed by atoms with Gasteiger partial charge in [-0.3, -0.25) is 0 Å². The van der Waals surface area contributed by atoms with Crippen LogP contribution in [0.2, 0.25) is 0 Å². The highest BCUT2D eigenvalue weighted by atomic mass is 16.5. The quantitative estimate of drug-likeness (QED) is 0.629. The molecule has 1 aliphatic carbocycles. The van der Waals surface area contributed by atoms with Gasteiger partial charge in [0, 0.05) is 12.1 Å². The Hall–Kier alpha value is -1.38. The Labute approximate surface area is 128 Å². The maximum atomic E-state index is 12.2. The van der Waals surface area contributed by atoms with Gasteiger partial charge in [0.25, 0.3) is 0 Å². The lowest BCUT2D eigenvalue weighted by Gasteiger charge is -2.36. The molecule has 0 radical (unpaired) electrons. The molecular formula is C18H28NO2+. The van der Waals surface area contributed by atoms with Crippen molar-refractivity contribution >= 4 is 5.97 Å². The number of pyridine rings is 1. The first-order valence-electron chi connectivity index (χ1n) is 8.11. The van der Waals surface area contributed by atoms with Gasteiger partial charge in [0.15, 0.2) is 12.4 Å². The van der Waals surface area contributed by atoms with Crippen molar-refractivity contribution in [2.45, 2.75) is 59.6 Å².